The predicted molar refractivity (Wildman–Crippen MR) is 148 cm³/mol. The fourth-order valence-electron chi connectivity index (χ4n) is 3.90. The number of carbonyl (C=O) groups excluding carboxylic acids is 3. The first-order valence-electron chi connectivity index (χ1n) is 11.9. The highest BCUT2D eigenvalue weighted by Crippen LogP contribution is 2.37. The van der Waals surface area contributed by atoms with Gasteiger partial charge in [-0.2, -0.15) is 0 Å². The molecule has 1 heterocycles. The molecule has 0 saturated carbocycles. The Bertz CT molecular complexity index is 1450. The molecule has 0 aromatic heterocycles. The number of nitrogens with zero attached hydrogens (tertiary/aromatic N) is 1. The largest absolute Gasteiger partial charge is 0.493 e. The number of benzene rings is 3. The van der Waals surface area contributed by atoms with Gasteiger partial charge in [0.25, 0.3) is 11.8 Å². The van der Waals surface area contributed by atoms with E-state index < -0.39 is 17.8 Å². The number of rotatable bonds is 8. The maximum atomic E-state index is 13.2. The SMILES string of the molecule is COc1cc(C=C2C(=O)NC(=O)N(c3cccc(C)c3)C2=O)cc(Br)c1OCCOc1ccc(C)c(C)c1. The van der Waals surface area contributed by atoms with Crippen LogP contribution in [0.5, 0.6) is 17.2 Å². The van der Waals surface area contributed by atoms with E-state index in [0.29, 0.717) is 33.8 Å². The quantitative estimate of drug-likeness (QED) is 0.215. The molecule has 38 heavy (non-hydrogen) atoms. The molecule has 1 saturated heterocycles. The van der Waals surface area contributed by atoms with Crippen LogP contribution in [0.25, 0.3) is 6.08 Å². The Morgan fingerprint density at radius 2 is 1.68 bits per heavy atom. The molecule has 0 radical (unpaired) electrons. The molecule has 0 spiro atoms. The number of carbonyl (C=O) groups is 3. The zero-order valence-corrected chi connectivity index (χ0v) is 23.0. The molecule has 0 bridgehead atoms. The third kappa shape index (κ3) is 5.89. The van der Waals surface area contributed by atoms with Crippen LogP contribution in [-0.2, 0) is 9.59 Å². The van der Waals surface area contributed by atoms with E-state index in [4.69, 9.17) is 14.2 Å². The lowest BCUT2D eigenvalue weighted by atomic mass is 10.1. The lowest BCUT2D eigenvalue weighted by Gasteiger charge is -2.26. The number of ether oxygens (including phenoxy) is 3. The molecule has 1 aliphatic rings. The molecule has 3 aromatic rings. The maximum Gasteiger partial charge on any atom is 0.335 e. The molecule has 0 aliphatic carbocycles. The summed E-state index contributed by atoms with van der Waals surface area (Å²) in [5.74, 6) is 0.117. The molecule has 3 aromatic carbocycles. The standard InChI is InChI=1S/C29H27BrN2O6/c1-17-6-5-7-21(12-17)32-28(34)23(27(33)31-29(32)35)14-20-15-24(30)26(25(16-20)36-4)38-11-10-37-22-9-8-18(2)19(3)13-22/h5-9,12-16H,10-11H2,1-4H3,(H,31,33,35). The molecule has 4 rings (SSSR count). The van der Waals surface area contributed by atoms with E-state index in [1.807, 2.05) is 45.0 Å². The summed E-state index contributed by atoms with van der Waals surface area (Å²) in [5, 5.41) is 2.23. The number of methoxy groups -OCH3 is 1. The fraction of sp³-hybridized carbons (Fsp3) is 0.207. The van der Waals surface area contributed by atoms with Crippen molar-refractivity contribution in [3.05, 3.63) is 86.9 Å². The highest BCUT2D eigenvalue weighted by atomic mass is 79.9. The summed E-state index contributed by atoms with van der Waals surface area (Å²) in [6.07, 6.45) is 1.41. The van der Waals surface area contributed by atoms with Gasteiger partial charge in [-0.1, -0.05) is 18.2 Å². The van der Waals surface area contributed by atoms with E-state index in [1.54, 1.807) is 30.3 Å². The van der Waals surface area contributed by atoms with E-state index >= 15 is 0 Å². The number of imide groups is 2. The van der Waals surface area contributed by atoms with Crippen molar-refractivity contribution in [1.29, 1.82) is 0 Å². The maximum absolute atomic E-state index is 13.2. The van der Waals surface area contributed by atoms with Crippen LogP contribution in [-0.4, -0.2) is 38.2 Å². The highest BCUT2D eigenvalue weighted by molar-refractivity contribution is 9.10. The number of barbiturate groups is 1. The minimum absolute atomic E-state index is 0.185. The number of urea groups is 1. The van der Waals surface area contributed by atoms with Crippen LogP contribution in [0, 0.1) is 20.8 Å². The van der Waals surface area contributed by atoms with E-state index in [0.717, 1.165) is 21.8 Å². The number of nitrogens with one attached hydrogen (secondary N) is 1. The molecular weight excluding hydrogens is 552 g/mol. The van der Waals surface area contributed by atoms with E-state index in [2.05, 4.69) is 21.2 Å². The van der Waals surface area contributed by atoms with Gasteiger partial charge in [0.05, 0.1) is 17.3 Å². The van der Waals surface area contributed by atoms with Gasteiger partial charge in [-0.3, -0.25) is 14.9 Å². The van der Waals surface area contributed by atoms with Gasteiger partial charge in [0.1, 0.15) is 24.5 Å². The van der Waals surface area contributed by atoms with E-state index in [1.165, 1.54) is 18.7 Å². The van der Waals surface area contributed by atoms with Crippen LogP contribution in [0.3, 0.4) is 0 Å². The second kappa shape index (κ2) is 11.5. The van der Waals surface area contributed by atoms with Gasteiger partial charge in [0, 0.05) is 0 Å². The Morgan fingerprint density at radius 1 is 0.921 bits per heavy atom. The normalized spacial score (nSPS) is 14.5. The predicted octanol–water partition coefficient (Wildman–Crippen LogP) is 5.51. The third-order valence-corrected chi connectivity index (χ3v) is 6.59. The van der Waals surface area contributed by atoms with Crippen LogP contribution in [0.1, 0.15) is 22.3 Å². The number of halogens is 1. The second-order valence-electron chi connectivity index (χ2n) is 8.77. The van der Waals surface area contributed by atoms with Gasteiger partial charge in [0.2, 0.25) is 0 Å². The number of anilines is 1. The van der Waals surface area contributed by atoms with Crippen LogP contribution < -0.4 is 24.4 Å². The molecule has 1 aliphatic heterocycles. The van der Waals surface area contributed by atoms with Crippen molar-refractivity contribution in [2.75, 3.05) is 25.2 Å². The second-order valence-corrected chi connectivity index (χ2v) is 9.63. The fourth-order valence-corrected chi connectivity index (χ4v) is 4.47. The van der Waals surface area contributed by atoms with Crippen molar-refractivity contribution < 1.29 is 28.6 Å². The smallest absolute Gasteiger partial charge is 0.335 e. The third-order valence-electron chi connectivity index (χ3n) is 6.00. The van der Waals surface area contributed by atoms with Crippen molar-refractivity contribution in [1.82, 2.24) is 5.32 Å². The highest BCUT2D eigenvalue weighted by Gasteiger charge is 2.36. The molecule has 196 valence electrons. The monoisotopic (exact) mass is 578 g/mol. The Hall–Kier alpha value is -4.11. The summed E-state index contributed by atoms with van der Waals surface area (Å²) in [6, 6.07) is 15.3. The number of amides is 4. The van der Waals surface area contributed by atoms with Gasteiger partial charge in [-0.05, 0) is 101 Å². The van der Waals surface area contributed by atoms with Crippen molar-refractivity contribution in [3.8, 4) is 17.2 Å². The van der Waals surface area contributed by atoms with Crippen LogP contribution in [0.2, 0.25) is 0 Å². The molecule has 8 nitrogen and oxygen atoms in total. The molecule has 0 unspecified atom stereocenters. The molecule has 1 N–H and O–H groups in total. The van der Waals surface area contributed by atoms with Gasteiger partial charge in [-0.25, -0.2) is 9.69 Å². The van der Waals surface area contributed by atoms with E-state index in [9.17, 15) is 14.4 Å². The number of hydrogen-bond donors (Lipinski definition) is 1. The summed E-state index contributed by atoms with van der Waals surface area (Å²) >= 11 is 3.49. The summed E-state index contributed by atoms with van der Waals surface area (Å²) in [5.41, 5.74) is 3.90. The molecule has 0 atom stereocenters. The molecule has 1 fully saturated rings. The van der Waals surface area contributed by atoms with Crippen molar-refractivity contribution in [3.63, 3.8) is 0 Å². The zero-order chi connectivity index (χ0) is 27.4. The topological polar surface area (TPSA) is 94.2 Å². The lowest BCUT2D eigenvalue weighted by Crippen LogP contribution is -2.54. The van der Waals surface area contributed by atoms with Crippen LogP contribution in [0.4, 0.5) is 10.5 Å². The number of aryl methyl sites for hydroxylation is 3. The van der Waals surface area contributed by atoms with Crippen molar-refractivity contribution in [2.45, 2.75) is 20.8 Å². The molecule has 4 amide bonds. The van der Waals surface area contributed by atoms with Crippen LogP contribution in [0.15, 0.2) is 64.6 Å². The number of hydrogen-bond acceptors (Lipinski definition) is 6. The summed E-state index contributed by atoms with van der Waals surface area (Å²) < 4.78 is 17.7. The van der Waals surface area contributed by atoms with E-state index in [-0.39, 0.29) is 12.2 Å². The first-order chi connectivity index (χ1) is 18.2. The zero-order valence-electron chi connectivity index (χ0n) is 21.5. The summed E-state index contributed by atoms with van der Waals surface area (Å²) in [4.78, 5) is 39.2. The minimum atomic E-state index is -0.798. The Kier molecular flexibility index (Phi) is 8.16. The minimum Gasteiger partial charge on any atom is -0.493 e. The first-order valence-corrected chi connectivity index (χ1v) is 12.7. The molecular formula is C29H27BrN2O6. The van der Waals surface area contributed by atoms with Gasteiger partial charge >= 0.3 is 6.03 Å². The van der Waals surface area contributed by atoms with Gasteiger partial charge in [-0.15, -0.1) is 0 Å². The van der Waals surface area contributed by atoms with Crippen molar-refractivity contribution >= 4 is 45.5 Å². The summed E-state index contributed by atoms with van der Waals surface area (Å²) in [6.45, 7) is 6.50. The Balaban J connectivity index is 1.52. The lowest BCUT2D eigenvalue weighted by molar-refractivity contribution is -0.122. The molecule has 9 heteroatoms. The Labute approximate surface area is 229 Å². The van der Waals surface area contributed by atoms with Crippen LogP contribution >= 0.6 is 15.9 Å². The van der Waals surface area contributed by atoms with Gasteiger partial charge < -0.3 is 14.2 Å². The first kappa shape index (κ1) is 26.9. The van der Waals surface area contributed by atoms with Gasteiger partial charge in [0.15, 0.2) is 11.5 Å². The summed E-state index contributed by atoms with van der Waals surface area (Å²) in [7, 11) is 1.49. The average molecular weight is 579 g/mol. The average Bonchev–Trinajstić information content (AvgIpc) is 2.87. The Morgan fingerprint density at radius 3 is 2.39 bits per heavy atom. The van der Waals surface area contributed by atoms with Crippen molar-refractivity contribution in [2.24, 2.45) is 0 Å².